The predicted molar refractivity (Wildman–Crippen MR) is 143 cm³/mol. The highest BCUT2D eigenvalue weighted by molar-refractivity contribution is 6.29. The Hall–Kier alpha value is -4.20. The van der Waals surface area contributed by atoms with Gasteiger partial charge in [0.25, 0.3) is 0 Å². The number of nitrogens with one attached hydrogen (secondary N) is 1. The third-order valence-corrected chi connectivity index (χ3v) is 6.99. The third kappa shape index (κ3) is 5.71. The lowest BCUT2D eigenvalue weighted by molar-refractivity contribution is -0.137. The number of halogens is 5. The largest absolute Gasteiger partial charge is 0.416 e. The number of alkyl halides is 3. The summed E-state index contributed by atoms with van der Waals surface area (Å²) < 4.78 is 56.1. The van der Waals surface area contributed by atoms with Crippen LogP contribution in [0.25, 0.3) is 17.0 Å². The number of amides is 1. The number of benzene rings is 2. The maximum atomic E-state index is 13.9. The van der Waals surface area contributed by atoms with Gasteiger partial charge < -0.3 is 5.32 Å². The Morgan fingerprint density at radius 3 is 2.73 bits per heavy atom. The molecule has 1 aliphatic rings. The fraction of sp³-hybridized carbons (Fsp3) is 0.207. The van der Waals surface area contributed by atoms with Crippen molar-refractivity contribution in [3.05, 3.63) is 105 Å². The van der Waals surface area contributed by atoms with Gasteiger partial charge in [0, 0.05) is 49.9 Å². The molecule has 5 rings (SSSR count). The third-order valence-electron chi connectivity index (χ3n) is 6.78. The SMILES string of the molecule is N#Cc1ccc(C=CCN2CCc3c(c4cc(C(F)(F)F)ccc4n3C(=O)NCc3ccnc(Cl)c3)C2)cc1F. The molecule has 3 heterocycles. The lowest BCUT2D eigenvalue weighted by Crippen LogP contribution is -2.34. The molecular formula is C29H22ClF4N5O. The second-order valence-electron chi connectivity index (χ2n) is 9.37. The van der Waals surface area contributed by atoms with Crippen molar-refractivity contribution in [2.24, 2.45) is 0 Å². The van der Waals surface area contributed by atoms with Crippen LogP contribution in [0.5, 0.6) is 0 Å². The first kappa shape index (κ1) is 27.4. The molecule has 1 N–H and O–H groups in total. The number of nitriles is 1. The molecule has 204 valence electrons. The summed E-state index contributed by atoms with van der Waals surface area (Å²) in [5, 5.41) is 12.4. The van der Waals surface area contributed by atoms with E-state index in [1.54, 1.807) is 30.3 Å². The lowest BCUT2D eigenvalue weighted by Gasteiger charge is -2.27. The highest BCUT2D eigenvalue weighted by Gasteiger charge is 2.33. The lowest BCUT2D eigenvalue weighted by atomic mass is 10.0. The van der Waals surface area contributed by atoms with Gasteiger partial charge in [-0.2, -0.15) is 18.4 Å². The number of carbonyl (C=O) groups excluding carboxylic acids is 1. The van der Waals surface area contributed by atoms with Gasteiger partial charge in [-0.15, -0.1) is 0 Å². The van der Waals surface area contributed by atoms with E-state index in [0.717, 1.165) is 17.7 Å². The summed E-state index contributed by atoms with van der Waals surface area (Å²) in [6.07, 6.45) is 0.997. The molecule has 6 nitrogen and oxygen atoms in total. The molecule has 2 aromatic carbocycles. The molecule has 0 unspecified atom stereocenters. The predicted octanol–water partition coefficient (Wildman–Crippen LogP) is 6.55. The normalized spacial score (nSPS) is 13.9. The average Bonchev–Trinajstić information content (AvgIpc) is 3.25. The number of hydrogen-bond donors (Lipinski definition) is 1. The van der Waals surface area contributed by atoms with Crippen LogP contribution in [0.1, 0.15) is 33.5 Å². The summed E-state index contributed by atoms with van der Waals surface area (Å²) in [7, 11) is 0. The summed E-state index contributed by atoms with van der Waals surface area (Å²) in [4.78, 5) is 19.3. The molecule has 0 radical (unpaired) electrons. The van der Waals surface area contributed by atoms with E-state index in [1.165, 1.54) is 29.0 Å². The van der Waals surface area contributed by atoms with Crippen molar-refractivity contribution in [3.63, 3.8) is 0 Å². The minimum atomic E-state index is -4.53. The maximum absolute atomic E-state index is 13.9. The number of rotatable bonds is 5. The zero-order valence-electron chi connectivity index (χ0n) is 21.0. The summed E-state index contributed by atoms with van der Waals surface area (Å²) >= 11 is 5.93. The van der Waals surface area contributed by atoms with Crippen molar-refractivity contribution in [2.45, 2.75) is 25.7 Å². The average molecular weight is 568 g/mol. The second-order valence-corrected chi connectivity index (χ2v) is 9.76. The van der Waals surface area contributed by atoms with E-state index >= 15 is 0 Å². The molecule has 2 aromatic heterocycles. The van der Waals surface area contributed by atoms with Crippen LogP contribution in [-0.4, -0.2) is 33.6 Å². The van der Waals surface area contributed by atoms with Gasteiger partial charge in [0.1, 0.15) is 17.0 Å². The summed E-state index contributed by atoms with van der Waals surface area (Å²) in [5.41, 5.74) is 2.22. The highest BCUT2D eigenvalue weighted by atomic mass is 35.5. The van der Waals surface area contributed by atoms with Crippen LogP contribution < -0.4 is 5.32 Å². The topological polar surface area (TPSA) is 74.0 Å². The molecule has 40 heavy (non-hydrogen) atoms. The smallest absolute Gasteiger partial charge is 0.333 e. The molecule has 0 bridgehead atoms. The number of carbonyl (C=O) groups is 1. The fourth-order valence-corrected chi connectivity index (χ4v) is 5.05. The van der Waals surface area contributed by atoms with E-state index in [4.69, 9.17) is 16.9 Å². The van der Waals surface area contributed by atoms with Crippen molar-refractivity contribution in [2.75, 3.05) is 13.1 Å². The van der Waals surface area contributed by atoms with Crippen LogP contribution in [0.2, 0.25) is 5.15 Å². The molecule has 0 atom stereocenters. The maximum Gasteiger partial charge on any atom is 0.416 e. The van der Waals surface area contributed by atoms with Gasteiger partial charge in [-0.25, -0.2) is 14.2 Å². The minimum absolute atomic E-state index is 0.0380. The van der Waals surface area contributed by atoms with Crippen molar-refractivity contribution in [1.29, 1.82) is 5.26 Å². The number of hydrogen-bond acceptors (Lipinski definition) is 4. The molecular weight excluding hydrogens is 546 g/mol. The van der Waals surface area contributed by atoms with Gasteiger partial charge in [0.05, 0.1) is 16.6 Å². The number of nitrogens with zero attached hydrogens (tertiary/aromatic N) is 4. The van der Waals surface area contributed by atoms with E-state index in [1.807, 2.05) is 11.0 Å². The van der Waals surface area contributed by atoms with Gasteiger partial charge in [-0.05, 0) is 59.2 Å². The molecule has 4 aromatic rings. The first-order chi connectivity index (χ1) is 19.1. The number of aromatic nitrogens is 2. The van der Waals surface area contributed by atoms with Crippen LogP contribution in [0.15, 0.2) is 60.8 Å². The first-order valence-corrected chi connectivity index (χ1v) is 12.7. The van der Waals surface area contributed by atoms with E-state index < -0.39 is 23.6 Å². The summed E-state index contributed by atoms with van der Waals surface area (Å²) in [6, 6.07) is 12.4. The van der Waals surface area contributed by atoms with E-state index in [9.17, 15) is 22.4 Å². The van der Waals surface area contributed by atoms with Gasteiger partial charge in [-0.1, -0.05) is 29.8 Å². The standard InChI is InChI=1S/C29H22ClF4N5O/c30-27-13-19(7-9-36-27)16-37-28(40)39-25-6-5-21(29(32,33)34)14-22(25)23-17-38(11-8-26(23)39)10-1-2-18-3-4-20(15-35)24(31)12-18/h1-7,9,12-14H,8,10-11,16-17H2,(H,37,40). The van der Waals surface area contributed by atoms with Crippen LogP contribution in [-0.2, 0) is 25.7 Å². The van der Waals surface area contributed by atoms with Crippen LogP contribution >= 0.6 is 11.6 Å². The Bertz CT molecular complexity index is 1670. The molecule has 1 aliphatic heterocycles. The molecule has 11 heteroatoms. The van der Waals surface area contributed by atoms with Crippen LogP contribution in [0.4, 0.5) is 22.4 Å². The number of fused-ring (bicyclic) bond motifs is 3. The monoisotopic (exact) mass is 567 g/mol. The zero-order valence-corrected chi connectivity index (χ0v) is 21.7. The molecule has 1 amide bonds. The zero-order chi connectivity index (χ0) is 28.4. The van der Waals surface area contributed by atoms with Crippen molar-refractivity contribution in [3.8, 4) is 6.07 Å². The van der Waals surface area contributed by atoms with Gasteiger partial charge in [-0.3, -0.25) is 9.47 Å². The van der Waals surface area contributed by atoms with Gasteiger partial charge in [0.15, 0.2) is 0 Å². The van der Waals surface area contributed by atoms with Gasteiger partial charge in [0.2, 0.25) is 0 Å². The second kappa shape index (κ2) is 11.1. The van der Waals surface area contributed by atoms with Crippen molar-refractivity contribution in [1.82, 2.24) is 19.8 Å². The first-order valence-electron chi connectivity index (χ1n) is 12.3. The summed E-state index contributed by atoms with van der Waals surface area (Å²) in [6.45, 7) is 1.53. The Kier molecular flexibility index (Phi) is 7.61. The summed E-state index contributed by atoms with van der Waals surface area (Å²) in [5.74, 6) is -0.606. The van der Waals surface area contributed by atoms with Crippen LogP contribution in [0, 0.1) is 17.1 Å². The van der Waals surface area contributed by atoms with Crippen molar-refractivity contribution < 1.29 is 22.4 Å². The quantitative estimate of drug-likeness (QED) is 0.219. The molecule has 0 spiro atoms. The van der Waals surface area contributed by atoms with E-state index in [0.29, 0.717) is 53.8 Å². The Morgan fingerprint density at radius 1 is 1.18 bits per heavy atom. The molecule has 0 aliphatic carbocycles. The molecule has 0 fully saturated rings. The molecule has 0 saturated carbocycles. The Morgan fingerprint density at radius 2 is 2.00 bits per heavy atom. The van der Waals surface area contributed by atoms with Crippen LogP contribution in [0.3, 0.4) is 0 Å². The minimum Gasteiger partial charge on any atom is -0.333 e. The Labute approximate surface area is 232 Å². The fourth-order valence-electron chi connectivity index (χ4n) is 4.85. The van der Waals surface area contributed by atoms with E-state index in [2.05, 4.69) is 10.3 Å². The Balaban J connectivity index is 1.41. The molecule has 0 saturated heterocycles. The number of pyridine rings is 1. The van der Waals surface area contributed by atoms with E-state index in [-0.39, 0.29) is 17.3 Å². The highest BCUT2D eigenvalue weighted by Crippen LogP contribution is 2.36. The van der Waals surface area contributed by atoms with Crippen molar-refractivity contribution >= 4 is 34.6 Å². The van der Waals surface area contributed by atoms with Gasteiger partial charge >= 0.3 is 12.2 Å².